The average Bonchev–Trinajstić information content (AvgIpc) is 2.36. The van der Waals surface area contributed by atoms with Gasteiger partial charge < -0.3 is 9.47 Å². The van der Waals surface area contributed by atoms with Crippen LogP contribution >= 0.6 is 15.9 Å². The zero-order valence-electron chi connectivity index (χ0n) is 10.8. The molecule has 0 aliphatic rings. The van der Waals surface area contributed by atoms with E-state index in [1.54, 1.807) is 18.2 Å². The Morgan fingerprint density at radius 1 is 1.35 bits per heavy atom. The standard InChI is InChI=1S/C13H14BrF3O3/c1-19-11-2-3-12(14)9(7-11)6-10(18)4-5-20-8-13(15,16)17/h2-3,7H,4-6,8H2,1H3. The minimum absolute atomic E-state index is 0.0558. The number of halogens is 4. The average molecular weight is 355 g/mol. The first kappa shape index (κ1) is 17.0. The molecule has 0 heterocycles. The number of carbonyl (C=O) groups excluding carboxylic acids is 1. The summed E-state index contributed by atoms with van der Waals surface area (Å²) in [6, 6.07) is 5.20. The van der Waals surface area contributed by atoms with E-state index in [9.17, 15) is 18.0 Å². The molecule has 0 amide bonds. The molecule has 1 aromatic rings. The molecule has 20 heavy (non-hydrogen) atoms. The fourth-order valence-electron chi connectivity index (χ4n) is 1.49. The van der Waals surface area contributed by atoms with Crippen molar-refractivity contribution >= 4 is 21.7 Å². The van der Waals surface area contributed by atoms with Crippen LogP contribution in [0.25, 0.3) is 0 Å². The van der Waals surface area contributed by atoms with Gasteiger partial charge in [-0.15, -0.1) is 0 Å². The number of Topliss-reactive ketones (excluding diaryl/α,β-unsaturated/α-hetero) is 1. The van der Waals surface area contributed by atoms with E-state index in [0.717, 1.165) is 10.0 Å². The maximum atomic E-state index is 11.8. The van der Waals surface area contributed by atoms with E-state index in [2.05, 4.69) is 20.7 Å². The Morgan fingerprint density at radius 2 is 2.05 bits per heavy atom. The number of methoxy groups -OCH3 is 1. The highest BCUT2D eigenvalue weighted by Gasteiger charge is 2.27. The predicted octanol–water partition coefficient (Wildman–Crippen LogP) is 3.54. The summed E-state index contributed by atoms with van der Waals surface area (Å²) < 4.78 is 45.7. The van der Waals surface area contributed by atoms with E-state index in [0.29, 0.717) is 5.75 Å². The van der Waals surface area contributed by atoms with Gasteiger partial charge in [0.25, 0.3) is 0 Å². The Labute approximate surface area is 123 Å². The summed E-state index contributed by atoms with van der Waals surface area (Å²) >= 11 is 3.31. The van der Waals surface area contributed by atoms with Gasteiger partial charge in [0.05, 0.1) is 13.7 Å². The number of ketones is 1. The van der Waals surface area contributed by atoms with Crippen LogP contribution < -0.4 is 4.74 Å². The molecule has 0 radical (unpaired) electrons. The van der Waals surface area contributed by atoms with Crippen molar-refractivity contribution < 1.29 is 27.4 Å². The summed E-state index contributed by atoms with van der Waals surface area (Å²) in [5.41, 5.74) is 0.727. The Balaban J connectivity index is 2.42. The number of carbonyl (C=O) groups is 1. The van der Waals surface area contributed by atoms with Gasteiger partial charge in [-0.2, -0.15) is 13.2 Å². The van der Waals surface area contributed by atoms with E-state index in [4.69, 9.17) is 4.74 Å². The number of rotatable bonds is 7. The molecule has 112 valence electrons. The zero-order valence-corrected chi connectivity index (χ0v) is 12.4. The Morgan fingerprint density at radius 3 is 2.65 bits per heavy atom. The predicted molar refractivity (Wildman–Crippen MR) is 70.9 cm³/mol. The molecule has 0 aliphatic carbocycles. The summed E-state index contributed by atoms with van der Waals surface area (Å²) in [4.78, 5) is 11.7. The van der Waals surface area contributed by atoms with Gasteiger partial charge in [-0.1, -0.05) is 15.9 Å². The van der Waals surface area contributed by atoms with Gasteiger partial charge in [-0.3, -0.25) is 4.79 Å². The van der Waals surface area contributed by atoms with E-state index in [1.165, 1.54) is 7.11 Å². The second kappa shape index (κ2) is 7.64. The largest absolute Gasteiger partial charge is 0.497 e. The molecule has 0 spiro atoms. The van der Waals surface area contributed by atoms with Gasteiger partial charge in [0.1, 0.15) is 18.1 Å². The van der Waals surface area contributed by atoms with Crippen LogP contribution in [0.4, 0.5) is 13.2 Å². The first-order valence-electron chi connectivity index (χ1n) is 5.80. The first-order chi connectivity index (χ1) is 9.31. The lowest BCUT2D eigenvalue weighted by Crippen LogP contribution is -2.18. The number of benzene rings is 1. The second-order valence-electron chi connectivity index (χ2n) is 4.09. The minimum atomic E-state index is -4.36. The Kier molecular flexibility index (Phi) is 6.48. The van der Waals surface area contributed by atoms with Crippen LogP contribution in [0.5, 0.6) is 5.75 Å². The van der Waals surface area contributed by atoms with Crippen LogP contribution in [-0.2, 0) is 16.0 Å². The molecule has 0 N–H and O–H groups in total. The number of hydrogen-bond acceptors (Lipinski definition) is 3. The van der Waals surface area contributed by atoms with Crippen molar-refractivity contribution in [2.75, 3.05) is 20.3 Å². The summed E-state index contributed by atoms with van der Waals surface area (Å²) in [7, 11) is 1.51. The highest BCUT2D eigenvalue weighted by molar-refractivity contribution is 9.10. The molecule has 0 atom stereocenters. The van der Waals surface area contributed by atoms with Gasteiger partial charge in [-0.05, 0) is 23.8 Å². The number of hydrogen-bond donors (Lipinski definition) is 0. The monoisotopic (exact) mass is 354 g/mol. The second-order valence-corrected chi connectivity index (χ2v) is 4.94. The fraction of sp³-hybridized carbons (Fsp3) is 0.462. The summed E-state index contributed by atoms with van der Waals surface area (Å²) in [5, 5.41) is 0. The molecule has 0 unspecified atom stereocenters. The highest BCUT2D eigenvalue weighted by atomic mass is 79.9. The lowest BCUT2D eigenvalue weighted by molar-refractivity contribution is -0.174. The van der Waals surface area contributed by atoms with Crippen molar-refractivity contribution in [3.8, 4) is 5.75 Å². The van der Waals surface area contributed by atoms with Crippen LogP contribution in [0.15, 0.2) is 22.7 Å². The van der Waals surface area contributed by atoms with Crippen LogP contribution in [0.1, 0.15) is 12.0 Å². The topological polar surface area (TPSA) is 35.5 Å². The van der Waals surface area contributed by atoms with Crippen LogP contribution in [0.2, 0.25) is 0 Å². The lowest BCUT2D eigenvalue weighted by atomic mass is 10.1. The zero-order chi connectivity index (χ0) is 15.2. The molecule has 1 aromatic carbocycles. The summed E-state index contributed by atoms with van der Waals surface area (Å²) in [6.07, 6.45) is -4.30. The first-order valence-corrected chi connectivity index (χ1v) is 6.60. The Hall–Kier alpha value is -1.08. The quantitative estimate of drug-likeness (QED) is 0.702. The van der Waals surface area contributed by atoms with Crippen molar-refractivity contribution in [2.24, 2.45) is 0 Å². The third kappa shape index (κ3) is 6.38. The molecule has 3 nitrogen and oxygen atoms in total. The van der Waals surface area contributed by atoms with Crippen LogP contribution in [0.3, 0.4) is 0 Å². The summed E-state index contributed by atoms with van der Waals surface area (Å²) in [5.74, 6) is 0.422. The molecule has 7 heteroatoms. The molecule has 0 saturated heterocycles. The Bertz CT molecular complexity index is 461. The smallest absolute Gasteiger partial charge is 0.411 e. The van der Waals surface area contributed by atoms with Crippen LogP contribution in [0, 0.1) is 0 Å². The third-order valence-electron chi connectivity index (χ3n) is 2.43. The third-order valence-corrected chi connectivity index (χ3v) is 3.21. The van der Waals surface area contributed by atoms with Gasteiger partial charge >= 0.3 is 6.18 Å². The van der Waals surface area contributed by atoms with Crippen molar-refractivity contribution in [3.63, 3.8) is 0 Å². The SMILES string of the molecule is COc1ccc(Br)c(CC(=O)CCOCC(F)(F)F)c1. The van der Waals surface area contributed by atoms with E-state index < -0.39 is 12.8 Å². The molecule has 0 aliphatic heterocycles. The highest BCUT2D eigenvalue weighted by Crippen LogP contribution is 2.23. The molecule has 0 bridgehead atoms. The van der Waals surface area contributed by atoms with Gasteiger partial charge in [0.2, 0.25) is 0 Å². The summed E-state index contributed by atoms with van der Waals surface area (Å²) in [6.45, 7) is -1.57. The minimum Gasteiger partial charge on any atom is -0.497 e. The van der Waals surface area contributed by atoms with Crippen LogP contribution in [-0.4, -0.2) is 32.3 Å². The maximum absolute atomic E-state index is 11.8. The van der Waals surface area contributed by atoms with Crippen molar-refractivity contribution in [2.45, 2.75) is 19.0 Å². The van der Waals surface area contributed by atoms with E-state index >= 15 is 0 Å². The van der Waals surface area contributed by atoms with Crippen molar-refractivity contribution in [1.82, 2.24) is 0 Å². The van der Waals surface area contributed by atoms with Crippen molar-refractivity contribution in [1.29, 1.82) is 0 Å². The van der Waals surface area contributed by atoms with E-state index in [1.807, 2.05) is 0 Å². The molecule has 0 aromatic heterocycles. The number of ether oxygens (including phenoxy) is 2. The van der Waals surface area contributed by atoms with Gasteiger partial charge in [0.15, 0.2) is 0 Å². The van der Waals surface area contributed by atoms with Gasteiger partial charge in [-0.25, -0.2) is 0 Å². The molecule has 1 rings (SSSR count). The van der Waals surface area contributed by atoms with E-state index in [-0.39, 0.29) is 25.2 Å². The molecular weight excluding hydrogens is 341 g/mol. The molecule has 0 saturated carbocycles. The number of alkyl halides is 3. The van der Waals surface area contributed by atoms with Crippen molar-refractivity contribution in [3.05, 3.63) is 28.2 Å². The van der Waals surface area contributed by atoms with Gasteiger partial charge in [0, 0.05) is 17.3 Å². The maximum Gasteiger partial charge on any atom is 0.411 e. The normalized spacial score (nSPS) is 11.4. The molecular formula is C13H14BrF3O3. The fourth-order valence-corrected chi connectivity index (χ4v) is 1.88. The molecule has 0 fully saturated rings. The lowest BCUT2D eigenvalue weighted by Gasteiger charge is -2.08.